The molecular formula is C17H23FN2O3. The van der Waals surface area contributed by atoms with Crippen LogP contribution in [0.5, 0.6) is 0 Å². The minimum atomic E-state index is -0.360. The number of carbonyl (C=O) groups excluding carboxylic acids is 2. The van der Waals surface area contributed by atoms with E-state index >= 15 is 0 Å². The fourth-order valence-electron chi connectivity index (χ4n) is 2.91. The molecular weight excluding hydrogens is 299 g/mol. The van der Waals surface area contributed by atoms with Crippen molar-refractivity contribution in [2.24, 2.45) is 5.92 Å². The summed E-state index contributed by atoms with van der Waals surface area (Å²) in [6.07, 6.45) is 1.41. The summed E-state index contributed by atoms with van der Waals surface area (Å²) in [5.74, 6) is -0.173. The first-order chi connectivity index (χ1) is 11.0. The Balaban J connectivity index is 1.75. The zero-order chi connectivity index (χ0) is 16.8. The van der Waals surface area contributed by atoms with Crippen LogP contribution >= 0.6 is 0 Å². The van der Waals surface area contributed by atoms with Gasteiger partial charge in [0.15, 0.2) is 0 Å². The van der Waals surface area contributed by atoms with Gasteiger partial charge in [-0.1, -0.05) is 19.1 Å². The number of benzene rings is 1. The van der Waals surface area contributed by atoms with Crippen LogP contribution in [-0.4, -0.2) is 43.1 Å². The van der Waals surface area contributed by atoms with Crippen LogP contribution in [0.2, 0.25) is 0 Å². The smallest absolute Gasteiger partial charge is 0.409 e. The fraction of sp³-hybridized carbons (Fsp3) is 0.529. The van der Waals surface area contributed by atoms with Crippen LogP contribution in [-0.2, 0) is 16.0 Å². The third kappa shape index (κ3) is 5.23. The van der Waals surface area contributed by atoms with Crippen molar-refractivity contribution in [3.05, 3.63) is 35.6 Å². The van der Waals surface area contributed by atoms with E-state index in [2.05, 4.69) is 10.1 Å². The van der Waals surface area contributed by atoms with Crippen LogP contribution in [0.1, 0.15) is 25.3 Å². The third-order valence-corrected chi connectivity index (χ3v) is 3.99. The second-order valence-corrected chi connectivity index (χ2v) is 6.11. The predicted octanol–water partition coefficient (Wildman–Crippen LogP) is 2.35. The highest BCUT2D eigenvalue weighted by molar-refractivity contribution is 5.76. The number of nitrogens with zero attached hydrogens (tertiary/aromatic N) is 1. The average Bonchev–Trinajstić information content (AvgIpc) is 2.94. The normalized spacial score (nSPS) is 18.6. The molecule has 2 atom stereocenters. The number of halogens is 1. The number of ether oxygens (including phenoxy) is 1. The maximum Gasteiger partial charge on any atom is 0.409 e. The van der Waals surface area contributed by atoms with Crippen molar-refractivity contribution >= 4 is 12.0 Å². The fourth-order valence-corrected chi connectivity index (χ4v) is 2.91. The molecule has 23 heavy (non-hydrogen) atoms. The molecule has 0 unspecified atom stereocenters. The summed E-state index contributed by atoms with van der Waals surface area (Å²) in [7, 11) is 1.35. The van der Waals surface area contributed by atoms with Crippen LogP contribution in [0.15, 0.2) is 24.3 Å². The number of rotatable bonds is 5. The minimum Gasteiger partial charge on any atom is -0.453 e. The molecule has 1 N–H and O–H groups in total. The van der Waals surface area contributed by atoms with Gasteiger partial charge < -0.3 is 15.0 Å². The van der Waals surface area contributed by atoms with Crippen molar-refractivity contribution in [3.8, 4) is 0 Å². The van der Waals surface area contributed by atoms with Gasteiger partial charge >= 0.3 is 6.09 Å². The zero-order valence-corrected chi connectivity index (χ0v) is 13.5. The molecule has 2 amide bonds. The van der Waals surface area contributed by atoms with E-state index in [-0.39, 0.29) is 29.8 Å². The zero-order valence-electron chi connectivity index (χ0n) is 13.5. The highest BCUT2D eigenvalue weighted by Gasteiger charge is 2.27. The Morgan fingerprint density at radius 3 is 2.96 bits per heavy atom. The van der Waals surface area contributed by atoms with Gasteiger partial charge in [0.25, 0.3) is 0 Å². The SMILES string of the molecule is COC(=O)N1CC[C@H](NC(=O)C[C@@H](C)Cc2cccc(F)c2)C1. The summed E-state index contributed by atoms with van der Waals surface area (Å²) in [4.78, 5) is 25.1. The van der Waals surface area contributed by atoms with Crippen LogP contribution in [0.3, 0.4) is 0 Å². The Morgan fingerprint density at radius 1 is 1.48 bits per heavy atom. The lowest BCUT2D eigenvalue weighted by atomic mass is 9.97. The lowest BCUT2D eigenvalue weighted by Gasteiger charge is -2.17. The second-order valence-electron chi connectivity index (χ2n) is 6.11. The highest BCUT2D eigenvalue weighted by atomic mass is 19.1. The highest BCUT2D eigenvalue weighted by Crippen LogP contribution is 2.15. The number of nitrogens with one attached hydrogen (secondary N) is 1. The van der Waals surface area contributed by atoms with Gasteiger partial charge in [0, 0.05) is 25.6 Å². The number of carbonyl (C=O) groups is 2. The molecule has 1 saturated heterocycles. The van der Waals surface area contributed by atoms with Gasteiger partial charge in [-0.15, -0.1) is 0 Å². The van der Waals surface area contributed by atoms with Crippen molar-refractivity contribution in [1.82, 2.24) is 10.2 Å². The van der Waals surface area contributed by atoms with E-state index in [0.29, 0.717) is 25.9 Å². The Labute approximate surface area is 135 Å². The Kier molecular flexibility index (Phi) is 5.96. The lowest BCUT2D eigenvalue weighted by molar-refractivity contribution is -0.122. The van der Waals surface area contributed by atoms with Gasteiger partial charge in [-0.2, -0.15) is 0 Å². The summed E-state index contributed by atoms with van der Waals surface area (Å²) >= 11 is 0. The molecule has 0 saturated carbocycles. The molecule has 1 fully saturated rings. The van der Waals surface area contributed by atoms with E-state index in [1.54, 1.807) is 11.0 Å². The van der Waals surface area contributed by atoms with Gasteiger partial charge in [0.1, 0.15) is 5.82 Å². The number of hydrogen-bond acceptors (Lipinski definition) is 3. The van der Waals surface area contributed by atoms with Gasteiger partial charge in [0.05, 0.1) is 7.11 Å². The number of amides is 2. The first-order valence-electron chi connectivity index (χ1n) is 7.84. The minimum absolute atomic E-state index is 0.0250. The van der Waals surface area contributed by atoms with E-state index in [0.717, 1.165) is 12.0 Å². The van der Waals surface area contributed by atoms with Crippen molar-refractivity contribution in [3.63, 3.8) is 0 Å². The van der Waals surface area contributed by atoms with E-state index in [9.17, 15) is 14.0 Å². The third-order valence-electron chi connectivity index (χ3n) is 3.99. The van der Waals surface area contributed by atoms with E-state index < -0.39 is 0 Å². The summed E-state index contributed by atoms with van der Waals surface area (Å²) in [6.45, 7) is 3.05. The number of methoxy groups -OCH3 is 1. The standard InChI is InChI=1S/C17H23FN2O3/c1-12(8-13-4-3-5-14(18)10-13)9-16(21)19-15-6-7-20(11-15)17(22)23-2/h3-5,10,12,15H,6-9,11H2,1-2H3,(H,19,21)/t12-,15-/m0/s1. The second kappa shape index (κ2) is 7.94. The topological polar surface area (TPSA) is 58.6 Å². The Hall–Kier alpha value is -2.11. The number of likely N-dealkylation sites (tertiary alicyclic amines) is 1. The Morgan fingerprint density at radius 2 is 2.26 bits per heavy atom. The summed E-state index contributed by atoms with van der Waals surface area (Å²) in [6, 6.07) is 6.43. The summed E-state index contributed by atoms with van der Waals surface area (Å²) in [5, 5.41) is 2.95. The molecule has 0 aromatic heterocycles. The van der Waals surface area contributed by atoms with Gasteiger partial charge in [0.2, 0.25) is 5.91 Å². The maximum absolute atomic E-state index is 13.2. The maximum atomic E-state index is 13.2. The average molecular weight is 322 g/mol. The van der Waals surface area contributed by atoms with Crippen molar-refractivity contribution in [2.75, 3.05) is 20.2 Å². The molecule has 1 aliphatic rings. The van der Waals surface area contributed by atoms with Crippen molar-refractivity contribution in [1.29, 1.82) is 0 Å². The van der Waals surface area contributed by atoms with Crippen LogP contribution in [0, 0.1) is 11.7 Å². The molecule has 1 aromatic rings. The lowest BCUT2D eigenvalue weighted by Crippen LogP contribution is -2.39. The summed E-state index contributed by atoms with van der Waals surface area (Å²) in [5.41, 5.74) is 0.892. The van der Waals surface area contributed by atoms with Gasteiger partial charge in [-0.25, -0.2) is 9.18 Å². The van der Waals surface area contributed by atoms with E-state index in [1.165, 1.54) is 19.2 Å². The molecule has 0 radical (unpaired) electrons. The van der Waals surface area contributed by atoms with Crippen molar-refractivity contribution < 1.29 is 18.7 Å². The molecule has 1 aliphatic heterocycles. The van der Waals surface area contributed by atoms with Gasteiger partial charge in [-0.3, -0.25) is 4.79 Å². The van der Waals surface area contributed by atoms with Crippen LogP contribution < -0.4 is 5.32 Å². The molecule has 0 spiro atoms. The molecule has 126 valence electrons. The largest absolute Gasteiger partial charge is 0.453 e. The molecule has 1 heterocycles. The predicted molar refractivity (Wildman–Crippen MR) is 84.4 cm³/mol. The monoisotopic (exact) mass is 322 g/mol. The molecule has 2 rings (SSSR count). The van der Waals surface area contributed by atoms with Crippen LogP contribution in [0.25, 0.3) is 0 Å². The van der Waals surface area contributed by atoms with Crippen LogP contribution in [0.4, 0.5) is 9.18 Å². The molecule has 0 bridgehead atoms. The quantitative estimate of drug-likeness (QED) is 0.905. The van der Waals surface area contributed by atoms with E-state index in [1.807, 2.05) is 13.0 Å². The molecule has 5 nitrogen and oxygen atoms in total. The van der Waals surface area contributed by atoms with Gasteiger partial charge in [-0.05, 0) is 36.5 Å². The first-order valence-corrected chi connectivity index (χ1v) is 7.84. The number of hydrogen-bond donors (Lipinski definition) is 1. The Bertz CT molecular complexity index is 565. The molecule has 1 aromatic carbocycles. The van der Waals surface area contributed by atoms with Crippen molar-refractivity contribution in [2.45, 2.75) is 32.2 Å². The van der Waals surface area contributed by atoms with E-state index in [4.69, 9.17) is 0 Å². The first kappa shape index (κ1) is 17.2. The summed E-state index contributed by atoms with van der Waals surface area (Å²) < 4.78 is 17.8. The molecule has 0 aliphatic carbocycles. The molecule has 6 heteroatoms.